The number of furan rings is 1. The van der Waals surface area contributed by atoms with Gasteiger partial charge in [0.2, 0.25) is 0 Å². The predicted octanol–water partition coefficient (Wildman–Crippen LogP) is 14.3. The third-order valence-electron chi connectivity index (χ3n) is 12.1. The Morgan fingerprint density at radius 1 is 0.559 bits per heavy atom. The van der Waals surface area contributed by atoms with E-state index in [-0.39, 0.29) is 0 Å². The molecule has 0 atom stereocenters. The number of thiophene rings is 1. The molecule has 8 aromatic carbocycles. The van der Waals surface area contributed by atoms with Gasteiger partial charge in [-0.2, -0.15) is 0 Å². The Balaban J connectivity index is 1.23. The minimum atomic E-state index is 0.628. The highest BCUT2D eigenvalue weighted by atomic mass is 32.1. The molecule has 0 spiro atoms. The van der Waals surface area contributed by atoms with Crippen LogP contribution in [-0.2, 0) is 6.42 Å². The van der Waals surface area contributed by atoms with Crippen LogP contribution in [0.15, 0.2) is 168 Å². The molecule has 0 fully saturated rings. The highest BCUT2D eigenvalue weighted by Crippen LogP contribution is 2.49. The van der Waals surface area contributed by atoms with Crippen molar-refractivity contribution in [3.8, 4) is 39.9 Å². The summed E-state index contributed by atoms with van der Waals surface area (Å²) in [7, 11) is 0. The molecule has 0 amide bonds. The summed E-state index contributed by atoms with van der Waals surface area (Å²) in [6.07, 6.45) is 6.32. The molecule has 0 saturated carbocycles. The van der Waals surface area contributed by atoms with Crippen LogP contribution in [0.3, 0.4) is 0 Å². The molecule has 6 heteroatoms. The van der Waals surface area contributed by atoms with Gasteiger partial charge in [-0.15, -0.1) is 11.3 Å². The van der Waals surface area contributed by atoms with Gasteiger partial charge in [0, 0.05) is 53.0 Å². The summed E-state index contributed by atoms with van der Waals surface area (Å²) in [5, 5.41) is 9.34. The lowest BCUT2D eigenvalue weighted by molar-refractivity contribution is 0.661. The van der Waals surface area contributed by atoms with Crippen LogP contribution < -0.4 is 0 Å². The molecule has 4 heterocycles. The van der Waals surface area contributed by atoms with Crippen LogP contribution in [0.5, 0.6) is 0 Å². The van der Waals surface area contributed by atoms with E-state index in [0.717, 1.165) is 78.5 Å². The van der Waals surface area contributed by atoms with Crippen molar-refractivity contribution in [3.63, 3.8) is 0 Å². The van der Waals surface area contributed by atoms with Crippen LogP contribution in [0.2, 0.25) is 0 Å². The summed E-state index contributed by atoms with van der Waals surface area (Å²) in [5.41, 5.74) is 10.2. The molecular formula is C53H32N4OS. The molecule has 4 aromatic heterocycles. The first-order valence-electron chi connectivity index (χ1n) is 20.1. The maximum Gasteiger partial charge on any atom is 0.166 e. The number of rotatable bonds is 4. The zero-order valence-electron chi connectivity index (χ0n) is 31.7. The van der Waals surface area contributed by atoms with Crippen LogP contribution in [0.1, 0.15) is 17.5 Å². The largest absolute Gasteiger partial charge is 0.456 e. The van der Waals surface area contributed by atoms with E-state index in [4.69, 9.17) is 19.4 Å². The molecule has 12 aromatic rings. The van der Waals surface area contributed by atoms with Crippen molar-refractivity contribution in [1.82, 2.24) is 19.5 Å². The van der Waals surface area contributed by atoms with Gasteiger partial charge in [0.05, 0.1) is 27.7 Å². The Morgan fingerprint density at radius 3 is 2.17 bits per heavy atom. The van der Waals surface area contributed by atoms with Crippen LogP contribution in [0.4, 0.5) is 0 Å². The van der Waals surface area contributed by atoms with Gasteiger partial charge in [0.15, 0.2) is 17.5 Å². The Bertz CT molecular complexity index is 3740. The van der Waals surface area contributed by atoms with E-state index < -0.39 is 0 Å². The standard InChI is InChI=1S/C53H32N4OS/c1-2-15-31(16-3-1)51-54-52(40-25-14-24-38-35-20-10-13-28-45(35)59-50(38)40)56-53(55-51)47-36-21-6-7-22-37(36)49-46(39-23-9-12-27-44(39)58-49)48(47)57-42-26-11-8-19-34(42)41-29-32-17-4-5-18-33(32)30-43(41)57/h1-6,8-21,23-30H,7,22H2. The van der Waals surface area contributed by atoms with Crippen LogP contribution in [-0.4, -0.2) is 19.5 Å². The van der Waals surface area contributed by atoms with Crippen LogP contribution in [0, 0.1) is 0 Å². The molecule has 0 unspecified atom stereocenters. The zero-order chi connectivity index (χ0) is 38.6. The second kappa shape index (κ2) is 12.5. The molecule has 0 N–H and O–H groups in total. The predicted molar refractivity (Wildman–Crippen MR) is 246 cm³/mol. The quantitative estimate of drug-likeness (QED) is 0.179. The van der Waals surface area contributed by atoms with E-state index in [1.165, 1.54) is 42.6 Å². The average Bonchev–Trinajstić information content (AvgIpc) is 3.98. The van der Waals surface area contributed by atoms with Crippen molar-refractivity contribution in [1.29, 1.82) is 0 Å². The number of fused-ring (bicyclic) bond motifs is 12. The van der Waals surface area contributed by atoms with E-state index in [1.807, 2.05) is 18.2 Å². The van der Waals surface area contributed by atoms with Crippen molar-refractivity contribution in [3.05, 3.63) is 175 Å². The molecule has 13 rings (SSSR count). The lowest BCUT2D eigenvalue weighted by Gasteiger charge is -2.22. The third kappa shape index (κ3) is 4.81. The van der Waals surface area contributed by atoms with Gasteiger partial charge in [-0.3, -0.25) is 0 Å². The van der Waals surface area contributed by atoms with Crippen molar-refractivity contribution < 1.29 is 4.42 Å². The smallest absolute Gasteiger partial charge is 0.166 e. The number of allylic oxidation sites excluding steroid dienone is 1. The minimum absolute atomic E-state index is 0.628. The normalized spacial score (nSPS) is 12.9. The van der Waals surface area contributed by atoms with E-state index in [1.54, 1.807) is 11.3 Å². The molecule has 0 aliphatic heterocycles. The summed E-state index contributed by atoms with van der Waals surface area (Å²) in [6.45, 7) is 0. The number of benzene rings is 8. The lowest BCUT2D eigenvalue weighted by Crippen LogP contribution is -2.09. The van der Waals surface area contributed by atoms with E-state index >= 15 is 0 Å². The minimum Gasteiger partial charge on any atom is -0.456 e. The van der Waals surface area contributed by atoms with E-state index in [2.05, 4.69) is 156 Å². The Hall–Kier alpha value is -7.41. The Labute approximate surface area is 342 Å². The maximum absolute atomic E-state index is 6.94. The molecule has 59 heavy (non-hydrogen) atoms. The highest BCUT2D eigenvalue weighted by molar-refractivity contribution is 7.26. The van der Waals surface area contributed by atoms with E-state index in [9.17, 15) is 0 Å². The first-order chi connectivity index (χ1) is 29.3. The highest BCUT2D eigenvalue weighted by Gasteiger charge is 2.30. The molecule has 0 radical (unpaired) electrons. The summed E-state index contributed by atoms with van der Waals surface area (Å²) >= 11 is 1.79. The van der Waals surface area contributed by atoms with Gasteiger partial charge in [0.1, 0.15) is 11.2 Å². The van der Waals surface area contributed by atoms with Crippen LogP contribution >= 0.6 is 11.3 Å². The molecule has 0 bridgehead atoms. The monoisotopic (exact) mass is 772 g/mol. The number of nitrogens with zero attached hydrogens (tertiary/aromatic N) is 4. The summed E-state index contributed by atoms with van der Waals surface area (Å²) in [6, 6.07) is 56.0. The fourth-order valence-electron chi connectivity index (χ4n) is 9.47. The molecular weight excluding hydrogens is 741 g/mol. The number of para-hydroxylation sites is 2. The molecule has 1 aliphatic carbocycles. The fourth-order valence-corrected chi connectivity index (χ4v) is 10.7. The van der Waals surface area contributed by atoms with Gasteiger partial charge in [0.25, 0.3) is 0 Å². The lowest BCUT2D eigenvalue weighted by atomic mass is 9.88. The summed E-state index contributed by atoms with van der Waals surface area (Å²) < 4.78 is 11.8. The average molecular weight is 773 g/mol. The number of hydrogen-bond donors (Lipinski definition) is 0. The van der Waals surface area contributed by atoms with Gasteiger partial charge < -0.3 is 8.98 Å². The SMILES string of the molecule is C1=Cc2c(-c3nc(-c4ccccc4)nc(-c4cccc5c4sc4ccccc45)n3)c(-n3c4ccccc4c4cc5ccccc5cc43)c3c(oc4ccccc43)c2CC1. The van der Waals surface area contributed by atoms with Crippen molar-refractivity contribution in [2.45, 2.75) is 12.8 Å². The topological polar surface area (TPSA) is 56.7 Å². The third-order valence-corrected chi connectivity index (χ3v) is 13.3. The van der Waals surface area contributed by atoms with Crippen molar-refractivity contribution >= 4 is 92.1 Å². The second-order valence-electron chi connectivity index (χ2n) is 15.4. The van der Waals surface area contributed by atoms with Gasteiger partial charge in [-0.25, -0.2) is 15.0 Å². The number of aryl methyl sites for hydroxylation is 1. The Kier molecular flexibility index (Phi) is 6.94. The number of hydrogen-bond acceptors (Lipinski definition) is 5. The van der Waals surface area contributed by atoms with Crippen molar-refractivity contribution in [2.24, 2.45) is 0 Å². The molecule has 1 aliphatic rings. The van der Waals surface area contributed by atoms with Gasteiger partial charge >= 0.3 is 0 Å². The fraction of sp³-hybridized carbons (Fsp3) is 0.0377. The molecule has 0 saturated heterocycles. The number of aromatic nitrogens is 4. The van der Waals surface area contributed by atoms with Crippen LogP contribution in [0.25, 0.3) is 121 Å². The van der Waals surface area contributed by atoms with Gasteiger partial charge in [-0.05, 0) is 65.6 Å². The zero-order valence-corrected chi connectivity index (χ0v) is 32.5. The molecule has 5 nitrogen and oxygen atoms in total. The Morgan fingerprint density at radius 2 is 1.27 bits per heavy atom. The van der Waals surface area contributed by atoms with E-state index in [0.29, 0.717) is 17.5 Å². The van der Waals surface area contributed by atoms with Crippen molar-refractivity contribution in [2.75, 3.05) is 0 Å². The van der Waals surface area contributed by atoms with Gasteiger partial charge in [-0.1, -0.05) is 133 Å². The maximum atomic E-state index is 6.94. The first-order valence-corrected chi connectivity index (χ1v) is 20.9. The summed E-state index contributed by atoms with van der Waals surface area (Å²) in [4.78, 5) is 16.4. The second-order valence-corrected chi connectivity index (χ2v) is 16.4. The summed E-state index contributed by atoms with van der Waals surface area (Å²) in [5.74, 6) is 1.91. The molecule has 276 valence electrons. The first kappa shape index (κ1) is 32.7.